The number of rotatable bonds is 10. The van der Waals surface area contributed by atoms with Gasteiger partial charge in [0.15, 0.2) is 16.3 Å². The molecule has 0 aliphatic carbocycles. The molecule has 0 bridgehead atoms. The van der Waals surface area contributed by atoms with E-state index < -0.39 is 12.0 Å². The number of esters is 1. The predicted molar refractivity (Wildman–Crippen MR) is 193 cm³/mol. The van der Waals surface area contributed by atoms with Crippen molar-refractivity contribution in [3.8, 4) is 11.5 Å². The van der Waals surface area contributed by atoms with Crippen LogP contribution in [0.2, 0.25) is 10.0 Å². The average Bonchev–Trinajstić information content (AvgIpc) is 3.41. The van der Waals surface area contributed by atoms with Gasteiger partial charge in [0.25, 0.3) is 5.56 Å². The molecule has 1 atom stereocenters. The van der Waals surface area contributed by atoms with E-state index in [0.29, 0.717) is 47.7 Å². The molecule has 6 rings (SSSR count). The van der Waals surface area contributed by atoms with E-state index in [1.54, 1.807) is 47.5 Å². The van der Waals surface area contributed by atoms with E-state index in [2.05, 4.69) is 0 Å². The third kappa shape index (κ3) is 6.96. The van der Waals surface area contributed by atoms with Gasteiger partial charge in [-0.2, -0.15) is 0 Å². The molecule has 48 heavy (non-hydrogen) atoms. The Morgan fingerprint density at radius 3 is 2.48 bits per heavy atom. The van der Waals surface area contributed by atoms with Gasteiger partial charge in [0.2, 0.25) is 0 Å². The summed E-state index contributed by atoms with van der Waals surface area (Å²) in [5, 5.41) is 0.925. The maximum Gasteiger partial charge on any atom is 0.338 e. The standard InChI is InChI=1S/C37H30Cl2N2O5S2/c1-4-45-36(43)31-32(24-10-6-5-7-11-24)40-37-41(33(31)25-13-15-27(47-3)16-14-25)35(42)30(48-37)20-23-18-28(39)34(29(19-23)44-2)46-21-22-9-8-12-26(38)17-22/h5-20,33H,4,21H2,1-3H3/b30-20-/t33-/m0/s1. The number of halogens is 2. The van der Waals surface area contributed by atoms with Gasteiger partial charge < -0.3 is 14.2 Å². The molecule has 0 fully saturated rings. The number of ether oxygens (including phenoxy) is 3. The van der Waals surface area contributed by atoms with E-state index >= 15 is 0 Å². The minimum atomic E-state index is -0.769. The van der Waals surface area contributed by atoms with Gasteiger partial charge in [-0.25, -0.2) is 9.79 Å². The van der Waals surface area contributed by atoms with Crippen LogP contribution in [0.15, 0.2) is 111 Å². The first-order chi connectivity index (χ1) is 23.3. The molecule has 244 valence electrons. The highest BCUT2D eigenvalue weighted by molar-refractivity contribution is 7.98. The molecule has 0 amide bonds. The van der Waals surface area contributed by atoms with Crippen molar-refractivity contribution in [1.82, 2.24) is 4.57 Å². The van der Waals surface area contributed by atoms with Crippen LogP contribution in [0.4, 0.5) is 0 Å². The van der Waals surface area contributed by atoms with Crippen LogP contribution >= 0.6 is 46.3 Å². The fraction of sp³-hybridized carbons (Fsp3) is 0.162. The van der Waals surface area contributed by atoms with Crippen molar-refractivity contribution in [1.29, 1.82) is 0 Å². The third-order valence-electron chi connectivity index (χ3n) is 7.63. The van der Waals surface area contributed by atoms with E-state index in [-0.39, 0.29) is 18.8 Å². The molecule has 4 aromatic carbocycles. The number of methoxy groups -OCH3 is 1. The number of thioether (sulfide) groups is 1. The number of hydrogen-bond donors (Lipinski definition) is 0. The Morgan fingerprint density at radius 2 is 1.79 bits per heavy atom. The van der Waals surface area contributed by atoms with Crippen molar-refractivity contribution >= 4 is 64.0 Å². The first-order valence-electron chi connectivity index (χ1n) is 15.0. The second kappa shape index (κ2) is 14.9. The Hall–Kier alpha value is -4.28. The molecule has 0 saturated carbocycles. The van der Waals surface area contributed by atoms with Crippen molar-refractivity contribution in [2.75, 3.05) is 20.0 Å². The van der Waals surface area contributed by atoms with Gasteiger partial charge in [-0.3, -0.25) is 9.36 Å². The SMILES string of the molecule is CCOC(=O)C1=C(c2ccccc2)N=c2s/c(=C\c3cc(Cl)c(OCc4cccc(Cl)c4)c(OC)c3)c(=O)n2[C@H]1c1ccc(SC)cc1. The Morgan fingerprint density at radius 1 is 1.02 bits per heavy atom. The molecule has 0 unspecified atom stereocenters. The number of thiazole rings is 1. The molecule has 7 nitrogen and oxygen atoms in total. The second-order valence-corrected chi connectivity index (χ2v) is 13.4. The Kier molecular flexibility index (Phi) is 10.4. The van der Waals surface area contributed by atoms with Crippen molar-refractivity contribution in [2.45, 2.75) is 24.5 Å². The van der Waals surface area contributed by atoms with Crippen LogP contribution in [0, 0.1) is 0 Å². The fourth-order valence-corrected chi connectivity index (χ4v) is 7.33. The van der Waals surface area contributed by atoms with Crippen molar-refractivity contribution in [3.63, 3.8) is 0 Å². The summed E-state index contributed by atoms with van der Waals surface area (Å²) in [4.78, 5) is 34.4. The van der Waals surface area contributed by atoms with E-state index in [4.69, 9.17) is 42.4 Å². The zero-order valence-corrected chi connectivity index (χ0v) is 29.4. The molecule has 0 saturated heterocycles. The molecule has 1 aromatic heterocycles. The summed E-state index contributed by atoms with van der Waals surface area (Å²) >= 11 is 15.7. The van der Waals surface area contributed by atoms with Crippen LogP contribution < -0.4 is 24.4 Å². The lowest BCUT2D eigenvalue weighted by molar-refractivity contribution is -0.138. The van der Waals surface area contributed by atoms with Crippen LogP contribution in [0.5, 0.6) is 11.5 Å². The molecule has 11 heteroatoms. The molecular weight excluding hydrogens is 687 g/mol. The average molecular weight is 718 g/mol. The van der Waals surface area contributed by atoms with Gasteiger partial charge in [-0.15, -0.1) is 11.8 Å². The summed E-state index contributed by atoms with van der Waals surface area (Å²) in [5.41, 5.74) is 3.47. The highest BCUT2D eigenvalue weighted by atomic mass is 35.5. The molecule has 5 aromatic rings. The molecule has 0 N–H and O–H groups in total. The Bertz CT molecular complexity index is 2200. The zero-order valence-electron chi connectivity index (χ0n) is 26.2. The van der Waals surface area contributed by atoms with E-state index in [0.717, 1.165) is 21.6 Å². The van der Waals surface area contributed by atoms with Crippen LogP contribution in [0.3, 0.4) is 0 Å². The lowest BCUT2D eigenvalue weighted by Gasteiger charge is -2.26. The molecule has 0 radical (unpaired) electrons. The van der Waals surface area contributed by atoms with Crippen molar-refractivity contribution < 1.29 is 19.0 Å². The third-order valence-corrected chi connectivity index (χ3v) is 9.87. The van der Waals surface area contributed by atoms with Gasteiger partial charge >= 0.3 is 5.97 Å². The van der Waals surface area contributed by atoms with Crippen molar-refractivity contribution in [3.05, 3.63) is 149 Å². The molecule has 0 spiro atoms. The topological polar surface area (TPSA) is 79.1 Å². The second-order valence-electron chi connectivity index (χ2n) is 10.7. The number of aromatic nitrogens is 1. The summed E-state index contributed by atoms with van der Waals surface area (Å²) in [6, 6.07) is 27.4. The fourth-order valence-electron chi connectivity index (χ4n) is 5.44. The lowest BCUT2D eigenvalue weighted by atomic mass is 9.93. The number of carbonyl (C=O) groups is 1. The van der Waals surface area contributed by atoms with E-state index in [9.17, 15) is 9.59 Å². The monoisotopic (exact) mass is 716 g/mol. The molecular formula is C37H30Cl2N2O5S2. The maximum absolute atomic E-state index is 14.3. The first-order valence-corrected chi connectivity index (χ1v) is 17.8. The van der Waals surface area contributed by atoms with Crippen LogP contribution in [0.25, 0.3) is 11.8 Å². The van der Waals surface area contributed by atoms with Crippen molar-refractivity contribution in [2.24, 2.45) is 4.99 Å². The van der Waals surface area contributed by atoms with Gasteiger partial charge in [0.1, 0.15) is 6.61 Å². The van der Waals surface area contributed by atoms with Gasteiger partial charge in [0, 0.05) is 15.5 Å². The molecule has 2 heterocycles. The minimum Gasteiger partial charge on any atom is -0.493 e. The van der Waals surface area contributed by atoms with Crippen LogP contribution in [-0.2, 0) is 16.1 Å². The summed E-state index contributed by atoms with van der Waals surface area (Å²) in [7, 11) is 1.53. The minimum absolute atomic E-state index is 0.175. The number of fused-ring (bicyclic) bond motifs is 1. The lowest BCUT2D eigenvalue weighted by Crippen LogP contribution is -2.40. The van der Waals surface area contributed by atoms with Gasteiger partial charge in [-0.05, 0) is 72.3 Å². The number of benzene rings is 4. The van der Waals surface area contributed by atoms with Gasteiger partial charge in [0.05, 0.1) is 40.6 Å². The summed E-state index contributed by atoms with van der Waals surface area (Å²) in [6.45, 7) is 2.17. The smallest absolute Gasteiger partial charge is 0.338 e. The first kappa shape index (κ1) is 33.6. The maximum atomic E-state index is 14.3. The van der Waals surface area contributed by atoms with E-state index in [1.165, 1.54) is 18.4 Å². The largest absolute Gasteiger partial charge is 0.493 e. The molecule has 1 aliphatic rings. The zero-order chi connectivity index (χ0) is 33.8. The summed E-state index contributed by atoms with van der Waals surface area (Å²) < 4.78 is 19.2. The highest BCUT2D eigenvalue weighted by Gasteiger charge is 2.35. The van der Waals surface area contributed by atoms with Crippen LogP contribution in [-0.4, -0.2) is 30.5 Å². The normalized spacial score (nSPS) is 14.4. The number of nitrogens with zero attached hydrogens (tertiary/aromatic N) is 2. The summed E-state index contributed by atoms with van der Waals surface area (Å²) in [6.07, 6.45) is 3.73. The number of hydrogen-bond acceptors (Lipinski definition) is 8. The Labute approximate surface area is 295 Å². The predicted octanol–water partition coefficient (Wildman–Crippen LogP) is 7.55. The highest BCUT2D eigenvalue weighted by Crippen LogP contribution is 2.38. The summed E-state index contributed by atoms with van der Waals surface area (Å²) in [5.74, 6) is 0.252. The molecule has 1 aliphatic heterocycles. The number of carbonyl (C=O) groups excluding carboxylic acids is 1. The van der Waals surface area contributed by atoms with Crippen LogP contribution in [0.1, 0.15) is 35.2 Å². The Balaban J connectivity index is 1.49. The van der Waals surface area contributed by atoms with E-state index in [1.807, 2.05) is 79.1 Å². The quantitative estimate of drug-likeness (QED) is 0.110. The van der Waals surface area contributed by atoms with Gasteiger partial charge in [-0.1, -0.05) is 89.1 Å².